The molecule has 0 bridgehead atoms. The molecule has 0 aromatic heterocycles. The molecule has 2 aromatic carbocycles. The van der Waals surface area contributed by atoms with E-state index in [9.17, 15) is 0 Å². The summed E-state index contributed by atoms with van der Waals surface area (Å²) in [6.07, 6.45) is 0. The van der Waals surface area contributed by atoms with Gasteiger partial charge in [-0.2, -0.15) is 0 Å². The first-order valence-electron chi connectivity index (χ1n) is 6.41. The molecule has 0 aliphatic carbocycles. The lowest BCUT2D eigenvalue weighted by Gasteiger charge is -1.82. The molecule has 0 heterocycles. The maximum absolute atomic E-state index is 2.08. The van der Waals surface area contributed by atoms with Gasteiger partial charge in [-0.05, 0) is 6.92 Å². The first-order chi connectivity index (χ1) is 8.39. The fraction of sp³-hybridized carbons (Fsp3) is 0.333. The smallest absolute Gasteiger partial charge is 0.0398 e. The quantitative estimate of drug-likeness (QED) is 0.506. The van der Waals surface area contributed by atoms with E-state index in [0.717, 1.165) is 0 Å². The number of rotatable bonds is 0. The fourth-order valence-corrected chi connectivity index (χ4v) is 0.919. The Morgan fingerprint density at radius 1 is 0.500 bits per heavy atom. The standard InChI is InChI=1S/C7H8.C6H6.2C2H6.CH4/c1-7-5-3-2-4-6-7;1-2-4-6-5-3-1;2*1-2;/h2-6H,1H3;1-6H;2*1-2H3;1H4. The summed E-state index contributed by atoms with van der Waals surface area (Å²) < 4.78 is 0. The maximum atomic E-state index is 2.08. The van der Waals surface area contributed by atoms with Gasteiger partial charge in [0.25, 0.3) is 0 Å². The second-order valence-electron chi connectivity index (χ2n) is 2.81. The van der Waals surface area contributed by atoms with Gasteiger partial charge in [-0.3, -0.25) is 0 Å². The van der Waals surface area contributed by atoms with Crippen LogP contribution in [0.3, 0.4) is 0 Å². The van der Waals surface area contributed by atoms with Crippen LogP contribution in [0.2, 0.25) is 0 Å². The molecule has 0 aliphatic heterocycles. The third-order valence-electron chi connectivity index (χ3n) is 1.61. The Morgan fingerprint density at radius 3 is 0.889 bits per heavy atom. The van der Waals surface area contributed by atoms with Crippen molar-refractivity contribution in [3.63, 3.8) is 0 Å². The normalized spacial score (nSPS) is 6.72. The Morgan fingerprint density at radius 2 is 0.722 bits per heavy atom. The van der Waals surface area contributed by atoms with Gasteiger partial charge in [-0.25, -0.2) is 0 Å². The van der Waals surface area contributed by atoms with Crippen LogP contribution in [0.25, 0.3) is 0 Å². The minimum Gasteiger partial charge on any atom is -0.0776 e. The second kappa shape index (κ2) is 20.8. The van der Waals surface area contributed by atoms with Crippen LogP contribution < -0.4 is 0 Å². The van der Waals surface area contributed by atoms with E-state index in [2.05, 4.69) is 19.1 Å². The number of hydrogen-bond acceptors (Lipinski definition) is 0. The number of hydrogen-bond donors (Lipinski definition) is 0. The highest BCUT2D eigenvalue weighted by Gasteiger charge is 1.72. The monoisotopic (exact) mass is 246 g/mol. The molecule has 0 fully saturated rings. The lowest BCUT2D eigenvalue weighted by Crippen LogP contribution is -1.62. The van der Waals surface area contributed by atoms with Crippen LogP contribution in [0.15, 0.2) is 66.7 Å². The minimum absolute atomic E-state index is 0. The fourth-order valence-electron chi connectivity index (χ4n) is 0.919. The molecule has 2 rings (SSSR count). The van der Waals surface area contributed by atoms with Gasteiger partial charge in [0.15, 0.2) is 0 Å². The van der Waals surface area contributed by atoms with Crippen molar-refractivity contribution in [2.75, 3.05) is 0 Å². The van der Waals surface area contributed by atoms with E-state index >= 15 is 0 Å². The van der Waals surface area contributed by atoms with Gasteiger partial charge in [-0.1, -0.05) is 107 Å². The summed E-state index contributed by atoms with van der Waals surface area (Å²) in [5.74, 6) is 0. The SMILES string of the molecule is C.CC.CC.Cc1ccccc1.c1ccccc1. The molecule has 102 valence electrons. The third kappa shape index (κ3) is 16.9. The van der Waals surface area contributed by atoms with Gasteiger partial charge in [0.1, 0.15) is 0 Å². The average molecular weight is 246 g/mol. The molecule has 0 aliphatic rings. The zero-order valence-corrected chi connectivity index (χ0v) is 11.9. The van der Waals surface area contributed by atoms with Gasteiger partial charge < -0.3 is 0 Å². The summed E-state index contributed by atoms with van der Waals surface area (Å²) in [4.78, 5) is 0. The van der Waals surface area contributed by atoms with E-state index in [0.29, 0.717) is 0 Å². The maximum Gasteiger partial charge on any atom is -0.0398 e. The molecule has 0 radical (unpaired) electrons. The van der Waals surface area contributed by atoms with Crippen LogP contribution >= 0.6 is 0 Å². The minimum atomic E-state index is 0. The largest absolute Gasteiger partial charge is 0.0776 e. The predicted octanol–water partition coefficient (Wildman–Crippen LogP) is 6.37. The van der Waals surface area contributed by atoms with Gasteiger partial charge in [0, 0.05) is 0 Å². The van der Waals surface area contributed by atoms with E-state index in [1.54, 1.807) is 0 Å². The molecule has 0 nitrogen and oxygen atoms in total. The van der Waals surface area contributed by atoms with Crippen LogP contribution in [0.5, 0.6) is 0 Å². The lowest BCUT2D eigenvalue weighted by molar-refractivity contribution is 1.48. The Balaban J connectivity index is -0.000000189. The summed E-state index contributed by atoms with van der Waals surface area (Å²) >= 11 is 0. The topological polar surface area (TPSA) is 0 Å². The van der Waals surface area contributed by atoms with Crippen LogP contribution in [0.4, 0.5) is 0 Å². The molecule has 0 heteroatoms. The Labute approximate surface area is 115 Å². The van der Waals surface area contributed by atoms with Crippen molar-refractivity contribution in [1.29, 1.82) is 0 Å². The third-order valence-corrected chi connectivity index (χ3v) is 1.61. The lowest BCUT2D eigenvalue weighted by atomic mass is 10.2. The second-order valence-corrected chi connectivity index (χ2v) is 2.81. The van der Waals surface area contributed by atoms with E-state index in [1.165, 1.54) is 5.56 Å². The summed E-state index contributed by atoms with van der Waals surface area (Å²) in [5, 5.41) is 0. The molecular weight excluding hydrogens is 216 g/mol. The zero-order valence-electron chi connectivity index (χ0n) is 11.9. The Bertz CT molecular complexity index is 271. The van der Waals surface area contributed by atoms with Crippen LogP contribution in [0, 0.1) is 6.92 Å². The summed E-state index contributed by atoms with van der Waals surface area (Å²) in [5.41, 5.74) is 1.32. The molecular formula is C18H30. The van der Waals surface area contributed by atoms with Crippen molar-refractivity contribution in [1.82, 2.24) is 0 Å². The van der Waals surface area contributed by atoms with E-state index in [-0.39, 0.29) is 7.43 Å². The highest BCUT2D eigenvalue weighted by Crippen LogP contribution is 1.92. The zero-order chi connectivity index (χ0) is 13.4. The number of benzene rings is 2. The van der Waals surface area contributed by atoms with Crippen LogP contribution in [-0.4, -0.2) is 0 Å². The van der Waals surface area contributed by atoms with E-state index in [1.807, 2.05) is 82.3 Å². The summed E-state index contributed by atoms with van der Waals surface area (Å²) in [7, 11) is 0. The Hall–Kier alpha value is -1.56. The summed E-state index contributed by atoms with van der Waals surface area (Å²) in [6.45, 7) is 10.1. The highest BCUT2D eigenvalue weighted by molar-refractivity contribution is 5.11. The molecule has 0 N–H and O–H groups in total. The highest BCUT2D eigenvalue weighted by atomic mass is 13.8. The molecule has 0 saturated carbocycles. The first kappa shape index (κ1) is 21.7. The van der Waals surface area contributed by atoms with Gasteiger partial charge in [0.2, 0.25) is 0 Å². The summed E-state index contributed by atoms with van der Waals surface area (Å²) in [6, 6.07) is 22.3. The van der Waals surface area contributed by atoms with Crippen molar-refractivity contribution in [3.05, 3.63) is 72.3 Å². The average Bonchev–Trinajstić information content (AvgIpc) is 2.47. The van der Waals surface area contributed by atoms with Crippen molar-refractivity contribution >= 4 is 0 Å². The molecule has 0 spiro atoms. The number of aryl methyl sites for hydroxylation is 1. The Kier molecular flexibility index (Phi) is 25.1. The van der Waals surface area contributed by atoms with Crippen LogP contribution in [-0.2, 0) is 0 Å². The molecule has 0 unspecified atom stereocenters. The molecule has 0 saturated heterocycles. The molecule has 0 amide bonds. The van der Waals surface area contributed by atoms with Crippen molar-refractivity contribution in [3.8, 4) is 0 Å². The molecule has 2 aromatic rings. The van der Waals surface area contributed by atoms with Gasteiger partial charge in [-0.15, -0.1) is 0 Å². The molecule has 0 atom stereocenters. The predicted molar refractivity (Wildman–Crippen MR) is 87.0 cm³/mol. The van der Waals surface area contributed by atoms with Crippen molar-refractivity contribution in [2.24, 2.45) is 0 Å². The van der Waals surface area contributed by atoms with Crippen molar-refractivity contribution in [2.45, 2.75) is 42.0 Å². The van der Waals surface area contributed by atoms with Gasteiger partial charge in [0.05, 0.1) is 0 Å². The van der Waals surface area contributed by atoms with E-state index in [4.69, 9.17) is 0 Å². The van der Waals surface area contributed by atoms with E-state index < -0.39 is 0 Å². The molecule has 18 heavy (non-hydrogen) atoms. The van der Waals surface area contributed by atoms with Crippen molar-refractivity contribution < 1.29 is 0 Å². The van der Waals surface area contributed by atoms with Gasteiger partial charge >= 0.3 is 0 Å². The van der Waals surface area contributed by atoms with Crippen LogP contribution in [0.1, 0.15) is 40.7 Å². The first-order valence-corrected chi connectivity index (χ1v) is 6.41.